The minimum absolute atomic E-state index is 0.00380. The number of benzene rings is 3. The second-order valence-electron chi connectivity index (χ2n) is 5.80. The van der Waals surface area contributed by atoms with Gasteiger partial charge >= 0.3 is 5.97 Å². The molecule has 6 heteroatoms. The highest BCUT2D eigenvalue weighted by Crippen LogP contribution is 2.39. The van der Waals surface area contributed by atoms with E-state index in [4.69, 9.17) is 33.0 Å². The highest BCUT2D eigenvalue weighted by Gasteiger charge is 2.20. The molecule has 138 valence electrons. The van der Waals surface area contributed by atoms with Crippen LogP contribution in [-0.4, -0.2) is 29.4 Å². The molecule has 3 rings (SSSR count). The Morgan fingerprint density at radius 1 is 0.889 bits per heavy atom. The monoisotopic (exact) mass is 402 g/mol. The van der Waals surface area contributed by atoms with Crippen molar-refractivity contribution in [3.8, 4) is 28.0 Å². The van der Waals surface area contributed by atoms with E-state index in [1.165, 1.54) is 6.07 Å². The van der Waals surface area contributed by atoms with Crippen LogP contribution in [0.3, 0.4) is 0 Å². The Morgan fingerprint density at radius 3 is 2.11 bits per heavy atom. The lowest BCUT2D eigenvalue weighted by Crippen LogP contribution is -2.08. The molecule has 0 aliphatic heterocycles. The predicted octanol–water partition coefficient (Wildman–Crippen LogP) is 5.40. The van der Waals surface area contributed by atoms with E-state index in [-0.39, 0.29) is 24.5 Å². The van der Waals surface area contributed by atoms with Crippen LogP contribution in [0.4, 0.5) is 0 Å². The Balaban J connectivity index is 2.28. The fraction of sp³-hybridized carbons (Fsp3) is 0.0952. The summed E-state index contributed by atoms with van der Waals surface area (Å²) in [5.41, 5.74) is 2.74. The Bertz CT molecular complexity index is 986. The number of hydrogen-bond acceptors (Lipinski definition) is 3. The van der Waals surface area contributed by atoms with Crippen LogP contribution in [0.2, 0.25) is 10.0 Å². The topological polar surface area (TPSA) is 66.8 Å². The van der Waals surface area contributed by atoms with Crippen molar-refractivity contribution < 1.29 is 19.7 Å². The summed E-state index contributed by atoms with van der Waals surface area (Å²) >= 11 is 12.2. The van der Waals surface area contributed by atoms with Gasteiger partial charge in [0.25, 0.3) is 0 Å². The summed E-state index contributed by atoms with van der Waals surface area (Å²) in [5.74, 6) is -0.945. The summed E-state index contributed by atoms with van der Waals surface area (Å²) in [5, 5.41) is 19.9. The fourth-order valence-corrected chi connectivity index (χ4v) is 3.18. The van der Waals surface area contributed by atoms with Crippen molar-refractivity contribution in [3.05, 3.63) is 76.3 Å². The molecule has 0 saturated carbocycles. The van der Waals surface area contributed by atoms with Crippen molar-refractivity contribution in [3.63, 3.8) is 0 Å². The first-order valence-electron chi connectivity index (χ1n) is 8.16. The lowest BCUT2D eigenvalue weighted by Gasteiger charge is -2.16. The summed E-state index contributed by atoms with van der Waals surface area (Å²) in [7, 11) is 0. The molecule has 0 atom stereocenters. The summed E-state index contributed by atoms with van der Waals surface area (Å²) in [6.45, 7) is -0.256. The number of carboxylic acids is 1. The molecule has 0 unspecified atom stereocenters. The lowest BCUT2D eigenvalue weighted by molar-refractivity contribution is 0.0691. The SMILES string of the molecule is O=C(O)c1cc(-c2cccc(Cl)c2)cc(-c2cccc(Cl)c2)c1OCCO. The third kappa shape index (κ3) is 4.42. The first-order valence-corrected chi connectivity index (χ1v) is 8.92. The molecule has 4 nitrogen and oxygen atoms in total. The van der Waals surface area contributed by atoms with Crippen LogP contribution in [-0.2, 0) is 0 Å². The predicted molar refractivity (Wildman–Crippen MR) is 107 cm³/mol. The number of carboxylic acid groups (broad SMARTS) is 1. The Hall–Kier alpha value is -2.53. The molecule has 0 amide bonds. The molecular formula is C21H16Cl2O4. The number of rotatable bonds is 6. The van der Waals surface area contributed by atoms with Gasteiger partial charge in [-0.1, -0.05) is 47.5 Å². The third-order valence-electron chi connectivity index (χ3n) is 3.95. The molecule has 0 fully saturated rings. The van der Waals surface area contributed by atoms with E-state index in [1.807, 2.05) is 18.2 Å². The molecule has 0 aromatic heterocycles. The van der Waals surface area contributed by atoms with Gasteiger partial charge in [0.05, 0.1) is 6.61 Å². The maximum Gasteiger partial charge on any atom is 0.339 e. The van der Waals surface area contributed by atoms with Crippen molar-refractivity contribution in [2.24, 2.45) is 0 Å². The van der Waals surface area contributed by atoms with E-state index in [9.17, 15) is 9.90 Å². The fourth-order valence-electron chi connectivity index (χ4n) is 2.80. The van der Waals surface area contributed by atoms with E-state index in [0.717, 1.165) is 5.56 Å². The Labute approximate surface area is 166 Å². The molecule has 2 N–H and O–H groups in total. The number of ether oxygens (including phenoxy) is 1. The third-order valence-corrected chi connectivity index (χ3v) is 4.42. The van der Waals surface area contributed by atoms with Gasteiger partial charge in [0.2, 0.25) is 0 Å². The zero-order valence-electron chi connectivity index (χ0n) is 14.2. The highest BCUT2D eigenvalue weighted by molar-refractivity contribution is 6.31. The smallest absolute Gasteiger partial charge is 0.339 e. The second kappa shape index (κ2) is 8.44. The number of aliphatic hydroxyl groups excluding tert-OH is 1. The highest BCUT2D eigenvalue weighted by atomic mass is 35.5. The number of aliphatic hydroxyl groups is 1. The van der Waals surface area contributed by atoms with Crippen LogP contribution in [0.1, 0.15) is 10.4 Å². The molecule has 0 aliphatic carbocycles. The van der Waals surface area contributed by atoms with Crippen LogP contribution in [0, 0.1) is 0 Å². The summed E-state index contributed by atoms with van der Waals surface area (Å²) in [6, 6.07) is 17.6. The van der Waals surface area contributed by atoms with E-state index in [2.05, 4.69) is 0 Å². The van der Waals surface area contributed by atoms with Gasteiger partial charge in [-0.2, -0.15) is 0 Å². The maximum absolute atomic E-state index is 11.9. The molecule has 0 radical (unpaired) electrons. The van der Waals surface area contributed by atoms with Gasteiger partial charge in [-0.25, -0.2) is 4.79 Å². The Morgan fingerprint density at radius 2 is 1.52 bits per heavy atom. The molecule has 27 heavy (non-hydrogen) atoms. The average molecular weight is 403 g/mol. The molecular weight excluding hydrogens is 387 g/mol. The molecule has 3 aromatic rings. The molecule has 0 bridgehead atoms. The van der Waals surface area contributed by atoms with Gasteiger partial charge in [0.15, 0.2) is 0 Å². The average Bonchev–Trinajstić information content (AvgIpc) is 2.65. The van der Waals surface area contributed by atoms with E-state index >= 15 is 0 Å². The van der Waals surface area contributed by atoms with Crippen LogP contribution in [0.5, 0.6) is 5.75 Å². The first-order chi connectivity index (χ1) is 13.0. The molecule has 0 aliphatic rings. The quantitative estimate of drug-likeness (QED) is 0.579. The van der Waals surface area contributed by atoms with Crippen LogP contribution >= 0.6 is 23.2 Å². The lowest BCUT2D eigenvalue weighted by atomic mass is 9.94. The maximum atomic E-state index is 11.9. The molecule has 0 spiro atoms. The van der Waals surface area contributed by atoms with Gasteiger partial charge in [-0.3, -0.25) is 0 Å². The van der Waals surface area contributed by atoms with Crippen molar-refractivity contribution in [1.82, 2.24) is 0 Å². The molecule has 0 heterocycles. The van der Waals surface area contributed by atoms with Crippen LogP contribution in [0.25, 0.3) is 22.3 Å². The summed E-state index contributed by atoms with van der Waals surface area (Å²) in [6.07, 6.45) is 0. The van der Waals surface area contributed by atoms with Gasteiger partial charge in [0, 0.05) is 15.6 Å². The second-order valence-corrected chi connectivity index (χ2v) is 6.67. The Kier molecular flexibility index (Phi) is 6.01. The summed E-state index contributed by atoms with van der Waals surface area (Å²) < 4.78 is 5.59. The normalized spacial score (nSPS) is 10.6. The largest absolute Gasteiger partial charge is 0.490 e. The van der Waals surface area contributed by atoms with Crippen molar-refractivity contribution in [1.29, 1.82) is 0 Å². The zero-order valence-corrected chi connectivity index (χ0v) is 15.7. The van der Waals surface area contributed by atoms with Crippen LogP contribution in [0.15, 0.2) is 60.7 Å². The van der Waals surface area contributed by atoms with Crippen LogP contribution < -0.4 is 4.74 Å². The number of aromatic carboxylic acids is 1. The first kappa shape index (κ1) is 19.2. The minimum Gasteiger partial charge on any atom is -0.490 e. The van der Waals surface area contributed by atoms with Gasteiger partial charge in [-0.05, 0) is 53.1 Å². The van der Waals surface area contributed by atoms with E-state index < -0.39 is 5.97 Å². The molecule has 3 aromatic carbocycles. The van der Waals surface area contributed by atoms with Gasteiger partial charge < -0.3 is 14.9 Å². The molecule has 0 saturated heterocycles. The van der Waals surface area contributed by atoms with Gasteiger partial charge in [0.1, 0.15) is 17.9 Å². The minimum atomic E-state index is -1.13. The number of hydrogen-bond donors (Lipinski definition) is 2. The van der Waals surface area contributed by atoms with E-state index in [0.29, 0.717) is 26.7 Å². The summed E-state index contributed by atoms with van der Waals surface area (Å²) in [4.78, 5) is 11.9. The van der Waals surface area contributed by atoms with E-state index in [1.54, 1.807) is 36.4 Å². The van der Waals surface area contributed by atoms with Gasteiger partial charge in [-0.15, -0.1) is 0 Å². The van der Waals surface area contributed by atoms with Crippen molar-refractivity contribution in [2.75, 3.05) is 13.2 Å². The zero-order chi connectivity index (χ0) is 19.4. The number of carbonyl (C=O) groups is 1. The standard InChI is InChI=1S/C21H16Cl2O4/c22-16-5-1-3-13(9-16)15-11-18(14-4-2-6-17(23)10-14)20(27-8-7-24)19(12-15)21(25)26/h1-6,9-12,24H,7-8H2,(H,25,26). The van der Waals surface area contributed by atoms with Crippen molar-refractivity contribution >= 4 is 29.2 Å². The van der Waals surface area contributed by atoms with Crippen molar-refractivity contribution in [2.45, 2.75) is 0 Å². The number of halogens is 2.